The van der Waals surface area contributed by atoms with Gasteiger partial charge in [-0.05, 0) is 86.9 Å². The number of ether oxygens (including phenoxy) is 7. The zero-order valence-corrected chi connectivity index (χ0v) is 29.9. The highest BCUT2D eigenvalue weighted by molar-refractivity contribution is 5.87. The molecule has 3 saturated carbocycles. The smallest absolute Gasteiger partial charge is 0.407 e. The molecule has 278 valence electrons. The molecule has 0 spiro atoms. The van der Waals surface area contributed by atoms with E-state index in [4.69, 9.17) is 33.2 Å². The van der Waals surface area contributed by atoms with Gasteiger partial charge in [-0.1, -0.05) is 27.0 Å². The number of carbonyl (C=O) groups excluding carboxylic acids is 4. The topological polar surface area (TPSA) is 157 Å². The Labute approximate surface area is 291 Å². The molecule has 6 atom stereocenters. The van der Waals surface area contributed by atoms with Gasteiger partial charge in [0.25, 0.3) is 0 Å². The van der Waals surface area contributed by atoms with Gasteiger partial charge in [0, 0.05) is 11.1 Å². The molecule has 13 nitrogen and oxygen atoms in total. The van der Waals surface area contributed by atoms with E-state index in [2.05, 4.69) is 37.6 Å². The van der Waals surface area contributed by atoms with Crippen molar-refractivity contribution >= 4 is 24.1 Å². The van der Waals surface area contributed by atoms with Gasteiger partial charge in [-0.15, -0.1) is 0 Å². The third kappa shape index (κ3) is 13.9. The van der Waals surface area contributed by atoms with Crippen molar-refractivity contribution in [2.24, 2.45) is 34.5 Å². The lowest BCUT2D eigenvalue weighted by atomic mass is 9.65. The molecule has 2 N–H and O–H groups in total. The number of esters is 2. The van der Waals surface area contributed by atoms with Crippen LogP contribution in [0.15, 0.2) is 24.3 Å². The van der Waals surface area contributed by atoms with Gasteiger partial charge < -0.3 is 43.8 Å². The third-order valence-electron chi connectivity index (χ3n) is 9.79. The van der Waals surface area contributed by atoms with Crippen molar-refractivity contribution < 1.29 is 52.3 Å². The Kier molecular flexibility index (Phi) is 16.3. The summed E-state index contributed by atoms with van der Waals surface area (Å²) in [5.74, 6) is 1.95. The summed E-state index contributed by atoms with van der Waals surface area (Å²) < 4.78 is 37.7. The minimum Gasteiger partial charge on any atom is -0.460 e. The van der Waals surface area contributed by atoms with Crippen LogP contribution in [0.5, 0.6) is 0 Å². The highest BCUT2D eigenvalue weighted by atomic mass is 16.6. The molecule has 3 rings (SSSR count). The summed E-state index contributed by atoms with van der Waals surface area (Å²) in [4.78, 5) is 46.2. The van der Waals surface area contributed by atoms with E-state index in [-0.39, 0.29) is 57.0 Å². The van der Waals surface area contributed by atoms with Crippen LogP contribution in [0.3, 0.4) is 0 Å². The van der Waals surface area contributed by atoms with E-state index < -0.39 is 24.1 Å². The van der Waals surface area contributed by atoms with Crippen LogP contribution in [0.2, 0.25) is 0 Å². The van der Waals surface area contributed by atoms with Crippen molar-refractivity contribution in [3.05, 3.63) is 24.3 Å². The molecule has 2 bridgehead atoms. The molecule has 0 aliphatic heterocycles. The lowest BCUT2D eigenvalue weighted by molar-refractivity contribution is -0.139. The van der Waals surface area contributed by atoms with Crippen LogP contribution < -0.4 is 10.6 Å². The van der Waals surface area contributed by atoms with Crippen LogP contribution in [0.25, 0.3) is 0 Å². The van der Waals surface area contributed by atoms with E-state index in [1.54, 1.807) is 13.8 Å². The molecular weight excluding hydrogens is 636 g/mol. The highest BCUT2D eigenvalue weighted by Crippen LogP contribution is 2.62. The maximum Gasteiger partial charge on any atom is 0.407 e. The molecule has 0 saturated heterocycles. The first-order valence-electron chi connectivity index (χ1n) is 17.5. The van der Waals surface area contributed by atoms with Gasteiger partial charge >= 0.3 is 24.1 Å². The third-order valence-corrected chi connectivity index (χ3v) is 9.79. The van der Waals surface area contributed by atoms with E-state index in [1.807, 2.05) is 0 Å². The van der Waals surface area contributed by atoms with Crippen LogP contribution in [0.1, 0.15) is 66.2 Å². The predicted octanol–water partition coefficient (Wildman–Crippen LogP) is 4.59. The quantitative estimate of drug-likeness (QED) is 0.0750. The second kappa shape index (κ2) is 19.9. The monoisotopic (exact) mass is 694 g/mol. The number of hydrogen-bond donors (Lipinski definition) is 2. The largest absolute Gasteiger partial charge is 0.460 e. The Morgan fingerprint density at radius 3 is 1.63 bits per heavy atom. The fourth-order valence-electron chi connectivity index (χ4n) is 7.65. The van der Waals surface area contributed by atoms with Gasteiger partial charge in [-0.2, -0.15) is 0 Å². The molecule has 0 aromatic rings. The lowest BCUT2D eigenvalue weighted by Crippen LogP contribution is -2.36. The predicted molar refractivity (Wildman–Crippen MR) is 181 cm³/mol. The summed E-state index contributed by atoms with van der Waals surface area (Å²) in [6, 6.07) is 0. The molecule has 0 radical (unpaired) electrons. The summed E-state index contributed by atoms with van der Waals surface area (Å²) in [5.41, 5.74) is 0.883. The number of nitrogens with one attached hydrogen (secondary N) is 2. The second-order valence-corrected chi connectivity index (χ2v) is 14.5. The Balaban J connectivity index is 1.23. The molecule has 0 aromatic heterocycles. The molecule has 2 amide bonds. The summed E-state index contributed by atoms with van der Waals surface area (Å²) in [6.07, 6.45) is 6.06. The Morgan fingerprint density at radius 1 is 0.612 bits per heavy atom. The van der Waals surface area contributed by atoms with Gasteiger partial charge in [-0.3, -0.25) is 0 Å². The fourth-order valence-corrected chi connectivity index (χ4v) is 7.65. The summed E-state index contributed by atoms with van der Waals surface area (Å²) in [7, 11) is 0. The molecule has 0 aromatic carbocycles. The number of carbonyl (C=O) groups is 4. The van der Waals surface area contributed by atoms with Crippen molar-refractivity contribution in [1.29, 1.82) is 0 Å². The Bertz CT molecular complexity index is 1150. The fraction of sp³-hybridized carbons (Fsp3) is 0.778. The molecule has 13 heteroatoms. The van der Waals surface area contributed by atoms with Crippen molar-refractivity contribution in [2.75, 3.05) is 79.2 Å². The number of rotatable bonds is 21. The van der Waals surface area contributed by atoms with Gasteiger partial charge in [0.1, 0.15) is 26.4 Å². The minimum atomic E-state index is -0.593. The normalized spacial score (nSPS) is 26.9. The zero-order chi connectivity index (χ0) is 35.9. The lowest BCUT2D eigenvalue weighted by Gasteiger charge is -2.42. The Morgan fingerprint density at radius 2 is 1.08 bits per heavy atom. The number of amides is 2. The van der Waals surface area contributed by atoms with Gasteiger partial charge in [0.05, 0.1) is 52.7 Å². The van der Waals surface area contributed by atoms with Crippen LogP contribution in [-0.4, -0.2) is 103 Å². The maximum absolute atomic E-state index is 11.9. The molecule has 49 heavy (non-hydrogen) atoms. The van der Waals surface area contributed by atoms with E-state index >= 15 is 0 Å². The average molecular weight is 695 g/mol. The van der Waals surface area contributed by atoms with Crippen molar-refractivity contribution in [3.63, 3.8) is 0 Å². The molecule has 3 aliphatic rings. The zero-order valence-electron chi connectivity index (χ0n) is 29.9. The van der Waals surface area contributed by atoms with Crippen LogP contribution in [-0.2, 0) is 42.7 Å². The average Bonchev–Trinajstić information content (AvgIpc) is 3.30. The van der Waals surface area contributed by atoms with Crippen molar-refractivity contribution in [1.82, 2.24) is 10.6 Å². The maximum atomic E-state index is 11.9. The van der Waals surface area contributed by atoms with Crippen molar-refractivity contribution in [2.45, 2.75) is 66.2 Å². The molecule has 3 fully saturated rings. The standard InChI is InChI=1S/C36H58N2O11/c1-25(2)31(39)46-11-9-37-33(41)48-17-15-43-13-14-44-24-36(6)20-27-19-28(21-36)30-22-35(5,8-7-29(27)30)23-45-16-18-49-34(42)38-10-12-47-32(40)26(3)4/h27-30H,1,3,7-24H2,2,4-6H3,(H,37,41)(H,38,42). The van der Waals surface area contributed by atoms with Crippen LogP contribution in [0, 0.1) is 34.5 Å². The SMILES string of the molecule is C=C(C)C(=O)OCCNC(=O)OCCOCCOCC1(C)CC2CC(C1)C1CC(C)(COCCOC(=O)NCCOC(=O)C(=C)C)CCC21. The molecular formula is C36H58N2O11. The van der Waals surface area contributed by atoms with Gasteiger partial charge in [0.15, 0.2) is 0 Å². The Hall–Kier alpha value is -3.16. The highest BCUT2D eigenvalue weighted by Gasteiger charge is 2.54. The summed E-state index contributed by atoms with van der Waals surface area (Å²) >= 11 is 0. The van der Waals surface area contributed by atoms with E-state index in [9.17, 15) is 19.2 Å². The van der Waals surface area contributed by atoms with Gasteiger partial charge in [-0.25, -0.2) is 19.2 Å². The van der Waals surface area contributed by atoms with E-state index in [0.29, 0.717) is 56.0 Å². The molecule has 0 heterocycles. The first-order valence-corrected chi connectivity index (χ1v) is 17.5. The van der Waals surface area contributed by atoms with Crippen LogP contribution >= 0.6 is 0 Å². The molecule has 3 aliphatic carbocycles. The minimum absolute atomic E-state index is 0.0485. The van der Waals surface area contributed by atoms with Crippen molar-refractivity contribution in [3.8, 4) is 0 Å². The first-order chi connectivity index (χ1) is 23.3. The van der Waals surface area contributed by atoms with E-state index in [1.165, 1.54) is 25.7 Å². The summed E-state index contributed by atoms with van der Waals surface area (Å²) in [6.45, 7) is 18.4. The first kappa shape index (κ1) is 40.3. The van der Waals surface area contributed by atoms with E-state index in [0.717, 1.165) is 24.7 Å². The summed E-state index contributed by atoms with van der Waals surface area (Å²) in [5, 5.41) is 5.06. The number of alkyl carbamates (subject to hydrolysis) is 2. The number of fused-ring (bicyclic) bond motifs is 5. The van der Waals surface area contributed by atoms with Crippen LogP contribution in [0.4, 0.5) is 9.59 Å². The second-order valence-electron chi connectivity index (χ2n) is 14.5. The van der Waals surface area contributed by atoms with Gasteiger partial charge in [0.2, 0.25) is 0 Å². The number of hydrogen-bond acceptors (Lipinski definition) is 11. The molecule has 6 unspecified atom stereocenters.